The summed E-state index contributed by atoms with van der Waals surface area (Å²) in [6.07, 6.45) is 4.65. The first-order chi connectivity index (χ1) is 7.50. The van der Waals surface area contributed by atoms with Crippen molar-refractivity contribution in [1.29, 1.82) is 0 Å². The highest BCUT2D eigenvalue weighted by molar-refractivity contribution is 7.80. The Hall–Kier alpha value is -0.150. The van der Waals surface area contributed by atoms with Gasteiger partial charge in [-0.15, -0.1) is 0 Å². The SMILES string of the molecule is CC1CC(C)C(C)N(CCCCC(N)=S)C1. The van der Waals surface area contributed by atoms with Crippen molar-refractivity contribution in [3.05, 3.63) is 0 Å². The molecular weight excluding hydrogens is 216 g/mol. The van der Waals surface area contributed by atoms with Crippen LogP contribution in [0.15, 0.2) is 0 Å². The van der Waals surface area contributed by atoms with E-state index in [4.69, 9.17) is 18.0 Å². The van der Waals surface area contributed by atoms with Crippen molar-refractivity contribution < 1.29 is 0 Å². The van der Waals surface area contributed by atoms with Gasteiger partial charge in [0.2, 0.25) is 0 Å². The summed E-state index contributed by atoms with van der Waals surface area (Å²) in [6, 6.07) is 0.737. The second-order valence-electron chi connectivity index (χ2n) is 5.48. The minimum absolute atomic E-state index is 0.661. The van der Waals surface area contributed by atoms with Gasteiger partial charge in [-0.1, -0.05) is 26.1 Å². The molecule has 0 radical (unpaired) electrons. The Labute approximate surface area is 106 Å². The van der Waals surface area contributed by atoms with Crippen molar-refractivity contribution >= 4 is 17.2 Å². The van der Waals surface area contributed by atoms with Gasteiger partial charge in [0.15, 0.2) is 0 Å². The van der Waals surface area contributed by atoms with Crippen molar-refractivity contribution in [3.63, 3.8) is 0 Å². The molecule has 1 rings (SSSR count). The van der Waals surface area contributed by atoms with Crippen molar-refractivity contribution in [2.45, 2.75) is 52.5 Å². The normalized spacial score (nSPS) is 31.6. The summed E-state index contributed by atoms with van der Waals surface area (Å²) in [5.74, 6) is 1.68. The molecule has 0 aromatic rings. The fourth-order valence-electron chi connectivity index (χ4n) is 2.74. The first-order valence-corrected chi connectivity index (χ1v) is 6.94. The predicted molar refractivity (Wildman–Crippen MR) is 74.6 cm³/mol. The van der Waals surface area contributed by atoms with Crippen LogP contribution in [0.5, 0.6) is 0 Å². The van der Waals surface area contributed by atoms with E-state index in [-0.39, 0.29) is 0 Å². The zero-order valence-corrected chi connectivity index (χ0v) is 11.7. The Morgan fingerprint density at radius 2 is 2.00 bits per heavy atom. The fourth-order valence-corrected chi connectivity index (χ4v) is 2.89. The summed E-state index contributed by atoms with van der Waals surface area (Å²) in [4.78, 5) is 3.30. The van der Waals surface area contributed by atoms with Crippen molar-refractivity contribution in [2.24, 2.45) is 17.6 Å². The number of piperidine rings is 1. The molecule has 0 bridgehead atoms. The van der Waals surface area contributed by atoms with Crippen molar-refractivity contribution in [2.75, 3.05) is 13.1 Å². The lowest BCUT2D eigenvalue weighted by Gasteiger charge is -2.41. The van der Waals surface area contributed by atoms with Gasteiger partial charge in [-0.05, 0) is 51.0 Å². The average molecular weight is 242 g/mol. The van der Waals surface area contributed by atoms with E-state index in [0.717, 1.165) is 30.7 Å². The van der Waals surface area contributed by atoms with E-state index in [1.807, 2.05) is 0 Å². The maximum absolute atomic E-state index is 5.50. The molecule has 0 spiro atoms. The van der Waals surface area contributed by atoms with E-state index < -0.39 is 0 Å². The van der Waals surface area contributed by atoms with Crippen molar-refractivity contribution in [1.82, 2.24) is 4.90 Å². The van der Waals surface area contributed by atoms with Crippen LogP contribution in [0.4, 0.5) is 0 Å². The summed E-state index contributed by atoms with van der Waals surface area (Å²) in [5.41, 5.74) is 5.50. The molecule has 1 aliphatic heterocycles. The molecule has 0 saturated carbocycles. The Kier molecular flexibility index (Phi) is 5.70. The van der Waals surface area contributed by atoms with Crippen LogP contribution in [0.2, 0.25) is 0 Å². The Morgan fingerprint density at radius 3 is 2.62 bits per heavy atom. The van der Waals surface area contributed by atoms with Crippen LogP contribution >= 0.6 is 12.2 Å². The predicted octanol–water partition coefficient (Wildman–Crippen LogP) is 2.81. The van der Waals surface area contributed by atoms with Gasteiger partial charge in [0, 0.05) is 12.6 Å². The lowest BCUT2D eigenvalue weighted by atomic mass is 9.86. The number of hydrogen-bond acceptors (Lipinski definition) is 2. The van der Waals surface area contributed by atoms with Crippen LogP contribution in [0.25, 0.3) is 0 Å². The topological polar surface area (TPSA) is 29.3 Å². The lowest BCUT2D eigenvalue weighted by Crippen LogP contribution is -2.46. The first-order valence-electron chi connectivity index (χ1n) is 6.53. The van der Waals surface area contributed by atoms with E-state index in [2.05, 4.69) is 25.7 Å². The van der Waals surface area contributed by atoms with Crippen molar-refractivity contribution in [3.8, 4) is 0 Å². The molecule has 16 heavy (non-hydrogen) atoms. The molecule has 0 amide bonds. The highest BCUT2D eigenvalue weighted by atomic mass is 32.1. The third-order valence-corrected chi connectivity index (χ3v) is 4.04. The summed E-state index contributed by atoms with van der Waals surface area (Å²) in [7, 11) is 0. The summed E-state index contributed by atoms with van der Waals surface area (Å²) >= 11 is 4.89. The summed E-state index contributed by atoms with van der Waals surface area (Å²) in [5, 5.41) is 0. The van der Waals surface area contributed by atoms with Gasteiger partial charge < -0.3 is 10.6 Å². The highest BCUT2D eigenvalue weighted by Crippen LogP contribution is 2.26. The number of unbranched alkanes of at least 4 members (excludes halogenated alkanes) is 1. The minimum Gasteiger partial charge on any atom is -0.393 e. The van der Waals surface area contributed by atoms with E-state index in [9.17, 15) is 0 Å². The number of nitrogens with two attached hydrogens (primary N) is 1. The molecule has 3 atom stereocenters. The van der Waals surface area contributed by atoms with E-state index in [1.54, 1.807) is 0 Å². The lowest BCUT2D eigenvalue weighted by molar-refractivity contribution is 0.0784. The van der Waals surface area contributed by atoms with Gasteiger partial charge in [0.1, 0.15) is 0 Å². The Morgan fingerprint density at radius 1 is 1.31 bits per heavy atom. The molecule has 2 N–H and O–H groups in total. The fraction of sp³-hybridized carbons (Fsp3) is 0.923. The number of nitrogens with zero attached hydrogens (tertiary/aromatic N) is 1. The van der Waals surface area contributed by atoms with E-state index in [0.29, 0.717) is 4.99 Å². The Bertz CT molecular complexity index is 230. The van der Waals surface area contributed by atoms with Gasteiger partial charge in [-0.3, -0.25) is 0 Å². The molecule has 2 nitrogen and oxygen atoms in total. The monoisotopic (exact) mass is 242 g/mol. The third-order valence-electron chi connectivity index (χ3n) is 3.84. The first kappa shape index (κ1) is 13.9. The average Bonchev–Trinajstić information content (AvgIpc) is 2.19. The van der Waals surface area contributed by atoms with Crippen LogP contribution in [0.3, 0.4) is 0 Å². The number of hydrogen-bond donors (Lipinski definition) is 1. The van der Waals surface area contributed by atoms with Gasteiger partial charge in [-0.2, -0.15) is 0 Å². The quantitative estimate of drug-likeness (QED) is 0.594. The van der Waals surface area contributed by atoms with E-state index in [1.165, 1.54) is 25.9 Å². The van der Waals surface area contributed by atoms with Crippen LogP contribution in [-0.2, 0) is 0 Å². The van der Waals surface area contributed by atoms with Crippen LogP contribution < -0.4 is 5.73 Å². The van der Waals surface area contributed by atoms with Gasteiger partial charge in [0.05, 0.1) is 4.99 Å². The number of thiocarbonyl (C=S) groups is 1. The maximum Gasteiger partial charge on any atom is 0.0727 e. The van der Waals surface area contributed by atoms with E-state index >= 15 is 0 Å². The minimum atomic E-state index is 0.661. The number of likely N-dealkylation sites (tertiary alicyclic amines) is 1. The van der Waals surface area contributed by atoms with Crippen LogP contribution in [0.1, 0.15) is 46.5 Å². The third kappa shape index (κ3) is 4.38. The highest BCUT2D eigenvalue weighted by Gasteiger charge is 2.27. The molecule has 1 heterocycles. The molecule has 1 aliphatic rings. The molecule has 0 aliphatic carbocycles. The molecule has 1 fully saturated rings. The van der Waals surface area contributed by atoms with Crippen LogP contribution in [-0.4, -0.2) is 29.0 Å². The maximum atomic E-state index is 5.50. The molecule has 0 aromatic heterocycles. The molecule has 3 unspecified atom stereocenters. The van der Waals surface area contributed by atoms with Gasteiger partial charge in [0.25, 0.3) is 0 Å². The second-order valence-corrected chi connectivity index (χ2v) is 6.00. The zero-order chi connectivity index (χ0) is 12.1. The van der Waals surface area contributed by atoms with Crippen LogP contribution in [0, 0.1) is 11.8 Å². The number of rotatable bonds is 5. The zero-order valence-electron chi connectivity index (χ0n) is 10.9. The standard InChI is InChI=1S/C13H26N2S/c1-10-8-11(2)12(3)15(9-10)7-5-4-6-13(14)16/h10-12H,4-9H2,1-3H3,(H2,14,16). The molecule has 3 heteroatoms. The molecule has 94 valence electrons. The molecular formula is C13H26N2S. The van der Waals surface area contributed by atoms with Gasteiger partial charge >= 0.3 is 0 Å². The smallest absolute Gasteiger partial charge is 0.0727 e. The Balaban J connectivity index is 2.26. The molecule has 1 saturated heterocycles. The second kappa shape index (κ2) is 6.55. The largest absolute Gasteiger partial charge is 0.393 e. The summed E-state index contributed by atoms with van der Waals surface area (Å²) in [6.45, 7) is 9.58. The van der Waals surface area contributed by atoms with Gasteiger partial charge in [-0.25, -0.2) is 0 Å². The summed E-state index contributed by atoms with van der Waals surface area (Å²) < 4.78 is 0. The molecule has 0 aromatic carbocycles.